The molecule has 0 radical (unpaired) electrons. The topological polar surface area (TPSA) is 44.8 Å². The van der Waals surface area contributed by atoms with E-state index >= 15 is 0 Å². The molecule has 2 aromatic carbocycles. The first-order valence-electron chi connectivity index (χ1n) is 6.85. The van der Waals surface area contributed by atoms with Crippen molar-refractivity contribution < 1.29 is 27.8 Å². The van der Waals surface area contributed by atoms with E-state index in [0.717, 1.165) is 18.2 Å². The van der Waals surface area contributed by atoms with Gasteiger partial charge in [0.2, 0.25) is 0 Å². The van der Waals surface area contributed by atoms with Crippen LogP contribution in [0.2, 0.25) is 10.0 Å². The summed E-state index contributed by atoms with van der Waals surface area (Å²) < 4.78 is 43.3. The molecular formula is C16H10Cl2F2O4. The molecule has 0 aromatic heterocycles. The van der Waals surface area contributed by atoms with Gasteiger partial charge in [-0.05, 0) is 24.3 Å². The number of benzene rings is 2. The molecule has 0 unspecified atom stereocenters. The number of hydrogen-bond donors (Lipinski definition) is 0. The van der Waals surface area contributed by atoms with Crippen LogP contribution in [0.1, 0.15) is 22.2 Å². The van der Waals surface area contributed by atoms with E-state index < -0.39 is 29.5 Å². The first kappa shape index (κ1) is 17.1. The predicted octanol–water partition coefficient (Wildman–Crippen LogP) is 4.54. The van der Waals surface area contributed by atoms with Gasteiger partial charge in [-0.2, -0.15) is 0 Å². The van der Waals surface area contributed by atoms with E-state index in [1.165, 1.54) is 12.1 Å². The Balaban J connectivity index is 1.99. The van der Waals surface area contributed by atoms with Gasteiger partial charge in [0.05, 0.1) is 23.8 Å². The SMILES string of the molecule is O=C(Oc1c(Cl)cc(Cl)cc1C1OCCO1)c1c(F)cccc1F. The Morgan fingerprint density at radius 3 is 2.38 bits per heavy atom. The predicted molar refractivity (Wildman–Crippen MR) is 82.4 cm³/mol. The number of rotatable bonds is 3. The van der Waals surface area contributed by atoms with Gasteiger partial charge in [-0.1, -0.05) is 29.3 Å². The Morgan fingerprint density at radius 2 is 1.75 bits per heavy atom. The lowest BCUT2D eigenvalue weighted by Crippen LogP contribution is -2.15. The van der Waals surface area contributed by atoms with Crippen LogP contribution >= 0.6 is 23.2 Å². The van der Waals surface area contributed by atoms with Crippen molar-refractivity contribution in [2.75, 3.05) is 13.2 Å². The smallest absolute Gasteiger partial charge is 0.349 e. The number of halogens is 4. The molecule has 24 heavy (non-hydrogen) atoms. The van der Waals surface area contributed by atoms with Crippen LogP contribution in [-0.2, 0) is 9.47 Å². The molecule has 126 valence electrons. The lowest BCUT2D eigenvalue weighted by molar-refractivity contribution is -0.0453. The Kier molecular flexibility index (Phi) is 5.01. The summed E-state index contributed by atoms with van der Waals surface area (Å²) in [4.78, 5) is 12.2. The van der Waals surface area contributed by atoms with Gasteiger partial charge in [0.25, 0.3) is 0 Å². The van der Waals surface area contributed by atoms with Gasteiger partial charge >= 0.3 is 5.97 Å². The van der Waals surface area contributed by atoms with Gasteiger partial charge in [-0.3, -0.25) is 0 Å². The van der Waals surface area contributed by atoms with E-state index in [2.05, 4.69) is 0 Å². The molecule has 1 heterocycles. The zero-order chi connectivity index (χ0) is 17.3. The van der Waals surface area contributed by atoms with Gasteiger partial charge < -0.3 is 14.2 Å². The molecule has 0 amide bonds. The van der Waals surface area contributed by atoms with Crippen molar-refractivity contribution in [1.82, 2.24) is 0 Å². The molecule has 4 nitrogen and oxygen atoms in total. The third kappa shape index (κ3) is 3.37. The minimum atomic E-state index is -1.23. The molecule has 1 aliphatic heterocycles. The maximum absolute atomic E-state index is 13.7. The van der Waals surface area contributed by atoms with Crippen molar-refractivity contribution >= 4 is 29.2 Å². The van der Waals surface area contributed by atoms with E-state index in [4.69, 9.17) is 37.4 Å². The lowest BCUT2D eigenvalue weighted by atomic mass is 10.1. The summed E-state index contributed by atoms with van der Waals surface area (Å²) >= 11 is 12.0. The van der Waals surface area contributed by atoms with Crippen LogP contribution in [0.3, 0.4) is 0 Å². The number of ether oxygens (including phenoxy) is 3. The van der Waals surface area contributed by atoms with E-state index in [1.807, 2.05) is 0 Å². The number of carbonyl (C=O) groups excluding carboxylic acids is 1. The zero-order valence-electron chi connectivity index (χ0n) is 12.0. The zero-order valence-corrected chi connectivity index (χ0v) is 13.5. The highest BCUT2D eigenvalue weighted by molar-refractivity contribution is 6.35. The Labute approximate surface area is 145 Å². The summed E-state index contributed by atoms with van der Waals surface area (Å²) in [6.45, 7) is 0.675. The molecule has 0 saturated carbocycles. The quantitative estimate of drug-likeness (QED) is 0.584. The average molecular weight is 375 g/mol. The van der Waals surface area contributed by atoms with Gasteiger partial charge in [-0.15, -0.1) is 0 Å². The van der Waals surface area contributed by atoms with E-state index in [1.54, 1.807) is 0 Å². The third-order valence-electron chi connectivity index (χ3n) is 3.27. The molecule has 1 fully saturated rings. The molecule has 0 bridgehead atoms. The van der Waals surface area contributed by atoms with Crippen LogP contribution in [-0.4, -0.2) is 19.2 Å². The Hall–Kier alpha value is -1.73. The number of esters is 1. The van der Waals surface area contributed by atoms with Crippen LogP contribution in [0.25, 0.3) is 0 Å². The second-order valence-corrected chi connectivity index (χ2v) is 5.71. The Morgan fingerprint density at radius 1 is 1.12 bits per heavy atom. The van der Waals surface area contributed by atoms with Crippen LogP contribution in [0, 0.1) is 11.6 Å². The molecule has 1 aliphatic rings. The second-order valence-electron chi connectivity index (χ2n) is 4.87. The van der Waals surface area contributed by atoms with Crippen molar-refractivity contribution in [2.24, 2.45) is 0 Å². The second kappa shape index (κ2) is 7.03. The van der Waals surface area contributed by atoms with Crippen molar-refractivity contribution in [3.05, 3.63) is 63.1 Å². The summed E-state index contributed by atoms with van der Waals surface area (Å²) in [6.07, 6.45) is -0.838. The highest BCUT2D eigenvalue weighted by Gasteiger charge is 2.28. The summed E-state index contributed by atoms with van der Waals surface area (Å²) in [5.74, 6) is -3.44. The molecule has 0 N–H and O–H groups in total. The van der Waals surface area contributed by atoms with Crippen molar-refractivity contribution in [3.63, 3.8) is 0 Å². The maximum Gasteiger partial charge on any atom is 0.349 e. The summed E-state index contributed by atoms with van der Waals surface area (Å²) in [7, 11) is 0. The van der Waals surface area contributed by atoms with Gasteiger partial charge in [0.1, 0.15) is 17.2 Å². The fraction of sp³-hybridized carbons (Fsp3) is 0.188. The molecule has 0 aliphatic carbocycles. The summed E-state index contributed by atoms with van der Waals surface area (Å²) in [5.41, 5.74) is -0.558. The molecule has 8 heteroatoms. The van der Waals surface area contributed by atoms with Crippen LogP contribution in [0.4, 0.5) is 8.78 Å². The van der Waals surface area contributed by atoms with Crippen molar-refractivity contribution in [1.29, 1.82) is 0 Å². The highest BCUT2D eigenvalue weighted by Crippen LogP contribution is 2.39. The minimum absolute atomic E-state index is 0.0123. The van der Waals surface area contributed by atoms with Crippen LogP contribution in [0.5, 0.6) is 5.75 Å². The first-order chi connectivity index (χ1) is 11.5. The molecule has 1 saturated heterocycles. The average Bonchev–Trinajstić information content (AvgIpc) is 3.03. The van der Waals surface area contributed by atoms with Gasteiger partial charge in [0.15, 0.2) is 12.0 Å². The molecule has 3 rings (SSSR count). The first-order valence-corrected chi connectivity index (χ1v) is 7.61. The number of hydrogen-bond acceptors (Lipinski definition) is 4. The summed E-state index contributed by atoms with van der Waals surface area (Å²) in [5, 5.41) is 0.257. The minimum Gasteiger partial charge on any atom is -0.421 e. The largest absolute Gasteiger partial charge is 0.421 e. The molecular weight excluding hydrogens is 365 g/mol. The molecule has 0 atom stereocenters. The Bertz CT molecular complexity index is 772. The van der Waals surface area contributed by atoms with Crippen molar-refractivity contribution in [3.8, 4) is 5.75 Å². The maximum atomic E-state index is 13.7. The van der Waals surface area contributed by atoms with Gasteiger partial charge in [0, 0.05) is 5.02 Å². The van der Waals surface area contributed by atoms with Crippen LogP contribution < -0.4 is 4.74 Å². The van der Waals surface area contributed by atoms with E-state index in [-0.39, 0.29) is 21.4 Å². The lowest BCUT2D eigenvalue weighted by Gasteiger charge is -2.16. The molecule has 0 spiro atoms. The normalized spacial score (nSPS) is 14.8. The van der Waals surface area contributed by atoms with E-state index in [0.29, 0.717) is 13.2 Å². The van der Waals surface area contributed by atoms with Crippen LogP contribution in [0.15, 0.2) is 30.3 Å². The monoisotopic (exact) mass is 374 g/mol. The van der Waals surface area contributed by atoms with Crippen molar-refractivity contribution in [2.45, 2.75) is 6.29 Å². The molecule has 2 aromatic rings. The fourth-order valence-corrected chi connectivity index (χ4v) is 2.79. The summed E-state index contributed by atoms with van der Waals surface area (Å²) in [6, 6.07) is 5.83. The van der Waals surface area contributed by atoms with Gasteiger partial charge in [-0.25, -0.2) is 13.6 Å². The highest BCUT2D eigenvalue weighted by atomic mass is 35.5. The fourth-order valence-electron chi connectivity index (χ4n) is 2.24. The number of carbonyl (C=O) groups is 1. The van der Waals surface area contributed by atoms with E-state index in [9.17, 15) is 13.6 Å². The standard InChI is InChI=1S/C16H10Cl2F2O4/c17-8-6-9(16-22-4-5-23-16)14(10(18)7-8)24-15(21)13-11(19)2-1-3-12(13)20/h1-3,6-7,16H,4-5H2. The third-order valence-corrected chi connectivity index (χ3v) is 3.77.